The fraction of sp³-hybridized carbons (Fsp3) is 0.391. The summed E-state index contributed by atoms with van der Waals surface area (Å²) in [7, 11) is 0. The van der Waals surface area contributed by atoms with Gasteiger partial charge in [-0.15, -0.1) is 161 Å². The first-order valence-electron chi connectivity index (χ1n) is 63.8. The van der Waals surface area contributed by atoms with Crippen LogP contribution < -0.4 is 0 Å². The first-order valence-corrected chi connectivity index (χ1v) is 49.8. The van der Waals surface area contributed by atoms with E-state index in [0.717, 1.165) is 158 Å². The van der Waals surface area contributed by atoms with E-state index < -0.39 is 94.6 Å². The maximum atomic E-state index is 9.91. The Morgan fingerprint density at radius 1 is 0.358 bits per heavy atom. The van der Waals surface area contributed by atoms with Crippen molar-refractivity contribution in [1.82, 2.24) is 44.9 Å². The first-order chi connectivity index (χ1) is 79.7. The number of fused-ring (bicyclic) bond motifs is 9. The van der Waals surface area contributed by atoms with E-state index >= 15 is 0 Å². The molecule has 0 amide bonds. The minimum Gasteiger partial charge on any atom is -0.486 e. The van der Waals surface area contributed by atoms with Gasteiger partial charge in [-0.25, -0.2) is 15.0 Å². The van der Waals surface area contributed by atoms with Gasteiger partial charge < -0.3 is 43.2 Å². The summed E-state index contributed by atoms with van der Waals surface area (Å²) in [4.78, 5) is 40.0. The van der Waals surface area contributed by atoms with Gasteiger partial charge in [0.25, 0.3) is 0 Å². The molecule has 0 N–H and O–H groups in total. The Bertz CT molecular complexity index is 8590. The van der Waals surface area contributed by atoms with Crippen LogP contribution in [0.5, 0.6) is 0 Å². The van der Waals surface area contributed by atoms with Crippen LogP contribution in [-0.4, -0.2) is 44.9 Å². The number of furan rings is 3. The predicted molar refractivity (Wildman–Crippen MR) is 602 cm³/mol. The molecular weight excluding hydrogens is 2350 g/mol. The molecule has 18 aromatic rings. The normalized spacial score (nSPS) is 19.4. The third-order valence-corrected chi connectivity index (χ3v) is 26.3. The van der Waals surface area contributed by atoms with Crippen molar-refractivity contribution in [3.63, 3.8) is 0 Å². The van der Waals surface area contributed by atoms with Gasteiger partial charge in [-0.1, -0.05) is 276 Å². The molecule has 3 aliphatic carbocycles. The second-order valence-corrected chi connectivity index (χ2v) is 45.0. The van der Waals surface area contributed by atoms with Crippen molar-refractivity contribution in [3.05, 3.63) is 339 Å². The van der Waals surface area contributed by atoms with Crippen molar-refractivity contribution in [1.29, 1.82) is 0 Å². The molecule has 3 saturated carbocycles. The number of pyridine rings is 9. The van der Waals surface area contributed by atoms with Crippen LogP contribution in [0.4, 0.5) is 0 Å². The molecule has 0 atom stereocenters. The summed E-state index contributed by atoms with van der Waals surface area (Å²) in [5, 5.41) is 5.96. The van der Waals surface area contributed by atoms with Gasteiger partial charge in [-0.2, -0.15) is 0 Å². The maximum Gasteiger partial charge on any atom is 0.216 e. The smallest absolute Gasteiger partial charge is 0.216 e. The Morgan fingerprint density at radius 2 is 0.689 bits per heavy atom. The SMILES string of the molecule is [2H]C([2H])([2H])c1c[c-]c(-c2cc(C([2H])([2H])C(C)(C)C)c(C([2H])([2H])[2H])cn2)cc1.[2H]C([2H])([2H])c1c[c-]c(-c2cc(C([2H])([2H])C(C)(C)C)c(C([2H])([2H])[2H])cn2)cc1.[2H]C([2H])([2H])c1c[c-]c(-c2cc(C([2H])([2H])C(C)(C)C)c(C([2H])([2H])[2H])cn2)cc1.[2H]C([2H])(c1ccnc(-c2[c-]ccc3c2oc2nc(C)ccc23)c1)C1CCCC1.[2H]C1(c2ccnc(-c3[c-]ccc4c3oc3nc(C)ccc34)c2)C(C)(C)CC(C)(C)CC1(C)C.[2H]C1(c2ccnc(-c3[c-]ccc4c3oc3nc(C)ccc34)c2)C(C)(C)CCCC1(C)C.[Ir].[Ir].[Ir]. The van der Waals surface area contributed by atoms with Crippen LogP contribution in [-0.2, 0) is 85.8 Å². The van der Waals surface area contributed by atoms with Crippen molar-refractivity contribution < 1.29 is 112 Å². The van der Waals surface area contributed by atoms with Crippen molar-refractivity contribution >= 4 is 66.2 Å². The summed E-state index contributed by atoms with van der Waals surface area (Å²) in [6, 6.07) is 71.5. The molecule has 6 aromatic carbocycles. The van der Waals surface area contributed by atoms with Gasteiger partial charge in [-0.05, 0) is 270 Å². The van der Waals surface area contributed by atoms with E-state index in [0.29, 0.717) is 67.8 Å². The Morgan fingerprint density at radius 3 is 1.01 bits per heavy atom. The third kappa shape index (κ3) is 27.9. The Labute approximate surface area is 961 Å². The minimum atomic E-state index is -2.51. The molecule has 0 bridgehead atoms. The van der Waals surface area contributed by atoms with Crippen molar-refractivity contribution in [2.45, 2.75) is 289 Å². The number of benzene rings is 6. The average Bonchev–Trinajstić information content (AvgIpc) is 0.861. The van der Waals surface area contributed by atoms with Crippen molar-refractivity contribution in [2.75, 3.05) is 0 Å². The van der Waals surface area contributed by atoms with Gasteiger partial charge in [0.2, 0.25) is 17.1 Å². The molecular formula is C133H149Ir3N9O3-6. The monoisotopic (exact) mass is 2530 g/mol. The molecule has 21 rings (SSSR count). The van der Waals surface area contributed by atoms with Gasteiger partial charge in [0, 0.05) is 169 Å². The standard InChI is InChI=1S/C29H33N2O.C27H29N2O.C23H21N2O.3C18H22N.3Ir/c1-18-11-12-21-20-9-8-10-22(24(20)32-26(21)31-18)23-15-19(13-14-30-23)25-28(4,5)16-27(2,3)17-29(25,6)7;1-17-10-11-20-19-8-6-9-21(23(19)30-25(20)29-17)22-16-18(12-15-28-22)24-26(2,3)13-7-14-27(24,4)5;1-15-9-10-19-18-7-4-8-20(22(18)26-23(19)25-15)21-14-17(11-12-24-21)13-16-5-2-3-6-16;3*1-13-6-8-15(9-7-13)17-10-16(11-18(3,4)5)14(2)12-19-17;;;/h8-9,11-15,25H,16-17H2,1-7H3;6,8,10-12,15-16,24H,7,13-14H2,1-5H3;4,7,9-12,14,16H,2-3,5-6,13H2,1H3;3*6-8,10,12H,11H2,1-5H3;;;/q6*-1;;;/i25D;24D;13D2;3*1D3,2D3,11D2;;;. The topological polar surface area (TPSA) is 155 Å². The van der Waals surface area contributed by atoms with E-state index in [1.165, 1.54) is 91.4 Å². The Hall–Kier alpha value is -11.0. The molecule has 0 aliphatic heterocycles. The molecule has 12 aromatic heterocycles. The number of hydrogen-bond acceptors (Lipinski definition) is 12. The summed E-state index contributed by atoms with van der Waals surface area (Å²) >= 11 is 0. The zero-order valence-corrected chi connectivity index (χ0v) is 95.7. The maximum absolute atomic E-state index is 9.91. The number of nitrogens with zero attached hydrogens (tertiary/aromatic N) is 9. The Balaban J connectivity index is 0.000000172. The molecule has 0 spiro atoms. The average molecular weight is 2530 g/mol. The van der Waals surface area contributed by atoms with E-state index in [2.05, 4.69) is 170 Å². The van der Waals surface area contributed by atoms with E-state index in [1.54, 1.807) is 74.6 Å². The molecule has 3 radical (unpaired) electrons. The molecule has 15 heteroatoms. The molecule has 148 heavy (non-hydrogen) atoms. The van der Waals surface area contributed by atoms with Crippen LogP contribution >= 0.6 is 0 Å². The van der Waals surface area contributed by atoms with Gasteiger partial charge in [0.1, 0.15) is 0 Å². The van der Waals surface area contributed by atoms with Crippen LogP contribution in [0.25, 0.3) is 134 Å². The van der Waals surface area contributed by atoms with Crippen LogP contribution in [0.3, 0.4) is 0 Å². The summed E-state index contributed by atoms with van der Waals surface area (Å²) in [5.74, 6) is -1.40. The van der Waals surface area contributed by atoms with Crippen molar-refractivity contribution in [2.24, 2.45) is 49.2 Å². The van der Waals surface area contributed by atoms with Gasteiger partial charge >= 0.3 is 0 Å². The predicted octanol–water partition coefficient (Wildman–Crippen LogP) is 35.7. The minimum absolute atomic E-state index is 0. The fourth-order valence-corrected chi connectivity index (χ4v) is 21.5. The molecule has 3 fully saturated rings. The van der Waals surface area contributed by atoms with Crippen LogP contribution in [0, 0.1) is 148 Å². The summed E-state index contributed by atoms with van der Waals surface area (Å²) < 4.78 is 243. The molecule has 3 aliphatic rings. The molecule has 777 valence electrons. The zero-order valence-electron chi connectivity index (χ0n) is 116. The van der Waals surface area contributed by atoms with E-state index in [1.807, 2.05) is 112 Å². The molecule has 12 nitrogen and oxygen atoms in total. The molecule has 0 saturated heterocycles. The van der Waals surface area contributed by atoms with Crippen LogP contribution in [0.2, 0.25) is 0 Å². The number of aryl methyl sites for hydroxylation is 9. The number of aromatic nitrogens is 9. The molecule has 12 heterocycles. The van der Waals surface area contributed by atoms with Gasteiger partial charge in [-0.3, -0.25) is 0 Å². The second kappa shape index (κ2) is 46.9. The number of rotatable bonds is 13. The second-order valence-electron chi connectivity index (χ2n) is 45.0. The zero-order chi connectivity index (χ0) is 128. The fourth-order valence-electron chi connectivity index (χ4n) is 21.5. The van der Waals surface area contributed by atoms with E-state index in [4.69, 9.17) is 53.9 Å². The quantitative estimate of drug-likeness (QED) is 0.101. The summed E-state index contributed by atoms with van der Waals surface area (Å²) in [6.07, 6.45) is 11.1. The van der Waals surface area contributed by atoms with E-state index in [-0.39, 0.29) is 143 Å². The van der Waals surface area contributed by atoms with E-state index in [9.17, 15) is 2.74 Å². The Kier molecular flexibility index (Phi) is 25.6. The summed E-state index contributed by atoms with van der Waals surface area (Å²) in [5.41, 5.74) is 13.7. The first kappa shape index (κ1) is 80.9. The van der Waals surface area contributed by atoms with Crippen LogP contribution in [0.1, 0.15) is 323 Å². The third-order valence-electron chi connectivity index (χ3n) is 26.3. The molecule has 0 unspecified atom stereocenters. The van der Waals surface area contributed by atoms with Crippen LogP contribution in [0.15, 0.2) is 232 Å². The van der Waals surface area contributed by atoms with Gasteiger partial charge in [0.05, 0.1) is 16.7 Å². The largest absolute Gasteiger partial charge is 0.486 e. The summed E-state index contributed by atoms with van der Waals surface area (Å²) in [6.45, 7) is 29.6. The van der Waals surface area contributed by atoms with Gasteiger partial charge in [0.15, 0.2) is 0 Å². The van der Waals surface area contributed by atoms with Crippen molar-refractivity contribution in [3.8, 4) is 67.5 Å². The number of hydrogen-bond donors (Lipinski definition) is 0.